The second-order valence-corrected chi connectivity index (χ2v) is 6.19. The van der Waals surface area contributed by atoms with Crippen LogP contribution in [-0.2, 0) is 9.53 Å². The molecule has 0 saturated carbocycles. The molecule has 3 heterocycles. The van der Waals surface area contributed by atoms with E-state index in [-0.39, 0.29) is 29.9 Å². The van der Waals surface area contributed by atoms with Crippen LogP contribution in [0.25, 0.3) is 0 Å². The Labute approximate surface area is 120 Å². The van der Waals surface area contributed by atoms with E-state index >= 15 is 0 Å². The van der Waals surface area contributed by atoms with Crippen molar-refractivity contribution in [2.75, 3.05) is 0 Å². The monoisotopic (exact) mass is 295 g/mol. The molecule has 3 rings (SSSR count). The highest BCUT2D eigenvalue weighted by Crippen LogP contribution is 2.35. The van der Waals surface area contributed by atoms with Gasteiger partial charge in [0.15, 0.2) is 0 Å². The Morgan fingerprint density at radius 1 is 1.30 bits per heavy atom. The molecule has 2 aliphatic heterocycles. The molecule has 108 valence electrons. The van der Waals surface area contributed by atoms with Crippen LogP contribution in [0.3, 0.4) is 0 Å². The van der Waals surface area contributed by atoms with Gasteiger partial charge in [-0.1, -0.05) is 0 Å². The fourth-order valence-corrected chi connectivity index (χ4v) is 3.57. The first-order valence-electron chi connectivity index (χ1n) is 6.79. The minimum Gasteiger partial charge on any atom is -0.375 e. The maximum Gasteiger partial charge on any atom is 0.281 e. The number of hydrogen-bond donors (Lipinski definition) is 2. The molecule has 2 fully saturated rings. The lowest BCUT2D eigenvalue weighted by molar-refractivity contribution is -0.131. The molecule has 0 spiro atoms. The van der Waals surface area contributed by atoms with E-state index in [9.17, 15) is 9.59 Å². The van der Waals surface area contributed by atoms with Gasteiger partial charge in [0.25, 0.3) is 5.91 Å². The summed E-state index contributed by atoms with van der Waals surface area (Å²) in [6.45, 7) is 1.77. The van der Waals surface area contributed by atoms with Crippen LogP contribution in [0, 0.1) is 12.8 Å². The number of thiazole rings is 1. The number of carbonyl (C=O) groups excluding carboxylic acids is 2. The number of nitrogens with zero attached hydrogens (tertiary/aromatic N) is 1. The summed E-state index contributed by atoms with van der Waals surface area (Å²) in [6, 6.07) is 0. The van der Waals surface area contributed by atoms with E-state index < -0.39 is 0 Å². The molecule has 1 aromatic rings. The van der Waals surface area contributed by atoms with Crippen LogP contribution in [0.2, 0.25) is 0 Å². The maximum atomic E-state index is 12.1. The third kappa shape index (κ3) is 2.69. The second kappa shape index (κ2) is 5.49. The van der Waals surface area contributed by atoms with E-state index in [1.54, 1.807) is 12.4 Å². The molecular formula is C13H17N3O3S. The van der Waals surface area contributed by atoms with Gasteiger partial charge in [-0.3, -0.25) is 20.4 Å². The Kier molecular flexibility index (Phi) is 3.71. The number of fused-ring (bicyclic) bond motifs is 2. The summed E-state index contributed by atoms with van der Waals surface area (Å²) in [5.41, 5.74) is 7.27. The number of carbonyl (C=O) groups is 2. The summed E-state index contributed by atoms with van der Waals surface area (Å²) < 4.78 is 5.70. The number of amides is 2. The standard InChI is InChI=1S/C13H17N3O3S/c1-7-11(20-6-14-7)13(18)16-15-12(17)8-4-9-2-3-10(5-8)19-9/h6,8-10H,2-5H2,1H3,(H,15,17)(H,16,18)/t8?,9-,10+. The van der Waals surface area contributed by atoms with E-state index in [0.717, 1.165) is 25.7 Å². The van der Waals surface area contributed by atoms with E-state index in [0.29, 0.717) is 10.6 Å². The molecule has 2 amide bonds. The van der Waals surface area contributed by atoms with Crippen molar-refractivity contribution < 1.29 is 14.3 Å². The third-order valence-electron chi connectivity index (χ3n) is 3.91. The molecule has 0 radical (unpaired) electrons. The minimum atomic E-state index is -0.312. The lowest BCUT2D eigenvalue weighted by Gasteiger charge is -2.27. The molecule has 2 bridgehead atoms. The lowest BCUT2D eigenvalue weighted by atomic mass is 9.95. The van der Waals surface area contributed by atoms with Gasteiger partial charge < -0.3 is 4.74 Å². The van der Waals surface area contributed by atoms with Gasteiger partial charge in [-0.15, -0.1) is 11.3 Å². The predicted octanol–water partition coefficient (Wildman–Crippen LogP) is 1.17. The molecule has 2 N–H and O–H groups in total. The fourth-order valence-electron chi connectivity index (χ4n) is 2.87. The Bertz CT molecular complexity index is 519. The average molecular weight is 295 g/mol. The molecular weight excluding hydrogens is 278 g/mol. The van der Waals surface area contributed by atoms with Gasteiger partial charge in [-0.25, -0.2) is 4.98 Å². The van der Waals surface area contributed by atoms with Crippen molar-refractivity contribution in [3.8, 4) is 0 Å². The first-order chi connectivity index (χ1) is 9.63. The Morgan fingerprint density at radius 3 is 2.60 bits per heavy atom. The first-order valence-corrected chi connectivity index (χ1v) is 7.67. The van der Waals surface area contributed by atoms with Crippen LogP contribution in [0.15, 0.2) is 5.51 Å². The molecule has 2 saturated heterocycles. The van der Waals surface area contributed by atoms with Crippen molar-refractivity contribution in [1.82, 2.24) is 15.8 Å². The second-order valence-electron chi connectivity index (χ2n) is 5.34. The van der Waals surface area contributed by atoms with Gasteiger partial charge in [0.2, 0.25) is 5.91 Å². The van der Waals surface area contributed by atoms with Gasteiger partial charge in [-0.05, 0) is 32.6 Å². The highest BCUT2D eigenvalue weighted by Gasteiger charge is 2.38. The van der Waals surface area contributed by atoms with Gasteiger partial charge in [0, 0.05) is 5.92 Å². The van der Waals surface area contributed by atoms with Gasteiger partial charge in [0.05, 0.1) is 23.4 Å². The molecule has 1 aromatic heterocycles. The predicted molar refractivity (Wildman–Crippen MR) is 73.1 cm³/mol. The molecule has 0 aromatic carbocycles. The van der Waals surface area contributed by atoms with Crippen LogP contribution < -0.4 is 10.9 Å². The van der Waals surface area contributed by atoms with Crippen molar-refractivity contribution in [2.45, 2.75) is 44.8 Å². The summed E-state index contributed by atoms with van der Waals surface area (Å²) in [4.78, 5) is 28.5. The first kappa shape index (κ1) is 13.5. The molecule has 6 nitrogen and oxygen atoms in total. The number of aromatic nitrogens is 1. The summed E-state index contributed by atoms with van der Waals surface area (Å²) in [5.74, 6) is -0.502. The van der Waals surface area contributed by atoms with Gasteiger partial charge in [0.1, 0.15) is 4.88 Å². The van der Waals surface area contributed by atoms with Crippen molar-refractivity contribution in [2.24, 2.45) is 5.92 Å². The molecule has 1 unspecified atom stereocenters. The van der Waals surface area contributed by atoms with E-state index in [1.165, 1.54) is 11.3 Å². The number of ether oxygens (including phenoxy) is 1. The molecule has 20 heavy (non-hydrogen) atoms. The van der Waals surface area contributed by atoms with Crippen LogP contribution in [0.4, 0.5) is 0 Å². The van der Waals surface area contributed by atoms with Crippen LogP contribution >= 0.6 is 11.3 Å². The average Bonchev–Trinajstić information content (AvgIpc) is 3.01. The quantitative estimate of drug-likeness (QED) is 0.803. The normalized spacial score (nSPS) is 28.1. The Balaban J connectivity index is 1.52. The number of aryl methyl sites for hydroxylation is 1. The summed E-state index contributed by atoms with van der Waals surface area (Å²) in [5, 5.41) is 0. The maximum absolute atomic E-state index is 12.1. The zero-order valence-electron chi connectivity index (χ0n) is 11.2. The molecule has 2 aliphatic rings. The summed E-state index contributed by atoms with van der Waals surface area (Å²) in [7, 11) is 0. The van der Waals surface area contributed by atoms with E-state index in [1.807, 2.05) is 0 Å². The van der Waals surface area contributed by atoms with Crippen molar-refractivity contribution in [1.29, 1.82) is 0 Å². The number of rotatable bonds is 2. The van der Waals surface area contributed by atoms with Crippen LogP contribution in [0.1, 0.15) is 41.0 Å². The Hall–Kier alpha value is -1.47. The van der Waals surface area contributed by atoms with E-state index in [2.05, 4.69) is 15.8 Å². The number of hydrazine groups is 1. The van der Waals surface area contributed by atoms with Crippen molar-refractivity contribution in [3.63, 3.8) is 0 Å². The summed E-state index contributed by atoms with van der Waals surface area (Å²) >= 11 is 1.26. The smallest absolute Gasteiger partial charge is 0.281 e. The SMILES string of the molecule is Cc1ncsc1C(=O)NNC(=O)C1C[C@H]2CC[C@@H](C1)O2. The lowest BCUT2D eigenvalue weighted by Crippen LogP contribution is -2.46. The van der Waals surface area contributed by atoms with Gasteiger partial charge in [-0.2, -0.15) is 0 Å². The zero-order chi connectivity index (χ0) is 14.1. The number of hydrogen-bond acceptors (Lipinski definition) is 5. The summed E-state index contributed by atoms with van der Waals surface area (Å²) in [6.07, 6.45) is 4.00. The molecule has 0 aliphatic carbocycles. The van der Waals surface area contributed by atoms with Crippen LogP contribution in [-0.4, -0.2) is 29.0 Å². The highest BCUT2D eigenvalue weighted by atomic mass is 32.1. The minimum absolute atomic E-state index is 0.0656. The Morgan fingerprint density at radius 2 is 2.00 bits per heavy atom. The third-order valence-corrected chi connectivity index (χ3v) is 4.84. The number of nitrogens with one attached hydrogen (secondary N) is 2. The molecule has 7 heteroatoms. The topological polar surface area (TPSA) is 80.3 Å². The van der Waals surface area contributed by atoms with Crippen molar-refractivity contribution in [3.05, 3.63) is 16.1 Å². The van der Waals surface area contributed by atoms with Crippen molar-refractivity contribution >= 4 is 23.2 Å². The van der Waals surface area contributed by atoms with Gasteiger partial charge >= 0.3 is 0 Å². The fraction of sp³-hybridized carbons (Fsp3) is 0.615. The largest absolute Gasteiger partial charge is 0.375 e. The highest BCUT2D eigenvalue weighted by molar-refractivity contribution is 7.11. The van der Waals surface area contributed by atoms with Crippen LogP contribution in [0.5, 0.6) is 0 Å². The van der Waals surface area contributed by atoms with E-state index in [4.69, 9.17) is 4.74 Å². The molecule has 3 atom stereocenters. The zero-order valence-corrected chi connectivity index (χ0v) is 12.0.